The standard InChI is InChI=1S/C13H15N3O2.C10H13N3O/c1-13(2,7-6-11(17)18-3)16-9-15-10-5-4-8-14-12(10)16;1-10(2,6-14)13-7-12-9-8(13)4-3-5-11-9/h4-9H,1-3H3;3-5,7,14H,6H2,1-2H3/b7-6+;. The van der Waals surface area contributed by atoms with Crippen molar-refractivity contribution in [1.82, 2.24) is 29.1 Å². The number of aromatic nitrogens is 6. The third-order valence-corrected chi connectivity index (χ3v) is 5.12. The molecular formula is C23H28N6O3. The average molecular weight is 437 g/mol. The molecule has 0 radical (unpaired) electrons. The van der Waals surface area contributed by atoms with Crippen LogP contribution in [0.4, 0.5) is 0 Å². The van der Waals surface area contributed by atoms with E-state index in [0.29, 0.717) is 5.65 Å². The molecule has 0 fully saturated rings. The number of ether oxygens (including phenoxy) is 1. The van der Waals surface area contributed by atoms with E-state index in [1.54, 1.807) is 31.1 Å². The monoisotopic (exact) mass is 436 g/mol. The van der Waals surface area contributed by atoms with Gasteiger partial charge < -0.3 is 19.0 Å². The Kier molecular flexibility index (Phi) is 6.69. The van der Waals surface area contributed by atoms with Crippen LogP contribution in [0.5, 0.6) is 0 Å². The van der Waals surface area contributed by atoms with Gasteiger partial charge in [-0.15, -0.1) is 0 Å². The zero-order valence-corrected chi connectivity index (χ0v) is 18.9. The third kappa shape index (κ3) is 4.83. The topological polar surface area (TPSA) is 108 Å². The molecule has 0 spiro atoms. The van der Waals surface area contributed by atoms with Gasteiger partial charge >= 0.3 is 5.97 Å². The van der Waals surface area contributed by atoms with E-state index in [0.717, 1.165) is 16.7 Å². The summed E-state index contributed by atoms with van der Waals surface area (Å²) in [5.74, 6) is -0.375. The molecule has 0 saturated carbocycles. The number of carbonyl (C=O) groups is 1. The second-order valence-electron chi connectivity index (χ2n) is 8.40. The minimum Gasteiger partial charge on any atom is -0.466 e. The number of rotatable bonds is 5. The van der Waals surface area contributed by atoms with Gasteiger partial charge in [-0.2, -0.15) is 0 Å². The minimum absolute atomic E-state index is 0.0767. The highest BCUT2D eigenvalue weighted by Gasteiger charge is 2.21. The lowest BCUT2D eigenvalue weighted by Crippen LogP contribution is -2.29. The van der Waals surface area contributed by atoms with Crippen LogP contribution in [-0.4, -0.2) is 53.9 Å². The highest BCUT2D eigenvalue weighted by molar-refractivity contribution is 5.82. The molecule has 4 aromatic heterocycles. The maximum Gasteiger partial charge on any atom is 0.330 e. The lowest BCUT2D eigenvalue weighted by Gasteiger charge is -2.24. The van der Waals surface area contributed by atoms with Gasteiger partial charge in [-0.1, -0.05) is 6.08 Å². The largest absolute Gasteiger partial charge is 0.466 e. The van der Waals surface area contributed by atoms with Gasteiger partial charge in [-0.3, -0.25) is 0 Å². The lowest BCUT2D eigenvalue weighted by molar-refractivity contribution is -0.134. The molecule has 9 nitrogen and oxygen atoms in total. The normalized spacial score (nSPS) is 12.2. The van der Waals surface area contributed by atoms with E-state index < -0.39 is 5.54 Å². The molecule has 0 unspecified atom stereocenters. The fraction of sp³-hybridized carbons (Fsp3) is 0.348. The quantitative estimate of drug-likeness (QED) is 0.378. The van der Waals surface area contributed by atoms with Crippen molar-refractivity contribution >= 4 is 28.3 Å². The van der Waals surface area contributed by atoms with Gasteiger partial charge in [0.15, 0.2) is 11.3 Å². The highest BCUT2D eigenvalue weighted by atomic mass is 16.5. The maximum atomic E-state index is 11.1. The highest BCUT2D eigenvalue weighted by Crippen LogP contribution is 2.22. The number of hydrogen-bond donors (Lipinski definition) is 1. The number of esters is 1. The molecule has 4 rings (SSSR count). The summed E-state index contributed by atoms with van der Waals surface area (Å²) in [6.07, 6.45) is 10.1. The molecular weight excluding hydrogens is 408 g/mol. The Morgan fingerprint density at radius 1 is 1.03 bits per heavy atom. The summed E-state index contributed by atoms with van der Waals surface area (Å²) >= 11 is 0. The van der Waals surface area contributed by atoms with E-state index in [9.17, 15) is 9.90 Å². The van der Waals surface area contributed by atoms with E-state index in [2.05, 4.69) is 24.7 Å². The number of nitrogens with zero attached hydrogens (tertiary/aromatic N) is 6. The van der Waals surface area contributed by atoms with Crippen molar-refractivity contribution in [2.24, 2.45) is 0 Å². The van der Waals surface area contributed by atoms with Gasteiger partial charge in [0.1, 0.15) is 5.52 Å². The zero-order chi connectivity index (χ0) is 23.4. The van der Waals surface area contributed by atoms with Crippen LogP contribution in [0.15, 0.2) is 61.5 Å². The van der Waals surface area contributed by atoms with Crippen LogP contribution < -0.4 is 0 Å². The van der Waals surface area contributed by atoms with Gasteiger partial charge in [0.05, 0.1) is 43.0 Å². The van der Waals surface area contributed by atoms with Crippen molar-refractivity contribution in [2.45, 2.75) is 38.8 Å². The van der Waals surface area contributed by atoms with Crippen LogP contribution in [0.25, 0.3) is 22.3 Å². The first-order valence-corrected chi connectivity index (χ1v) is 10.1. The molecule has 0 saturated heterocycles. The van der Waals surface area contributed by atoms with Crippen LogP contribution in [0.3, 0.4) is 0 Å². The second kappa shape index (κ2) is 9.27. The molecule has 168 valence electrons. The van der Waals surface area contributed by atoms with Crippen LogP contribution in [0.2, 0.25) is 0 Å². The summed E-state index contributed by atoms with van der Waals surface area (Å²) in [6.45, 7) is 7.94. The van der Waals surface area contributed by atoms with E-state index in [-0.39, 0.29) is 18.1 Å². The predicted octanol–water partition coefficient (Wildman–Crippen LogP) is 3.05. The zero-order valence-electron chi connectivity index (χ0n) is 18.9. The van der Waals surface area contributed by atoms with Gasteiger partial charge in [-0.25, -0.2) is 24.7 Å². The number of aliphatic hydroxyl groups is 1. The third-order valence-electron chi connectivity index (χ3n) is 5.12. The van der Waals surface area contributed by atoms with Crippen LogP contribution >= 0.6 is 0 Å². The van der Waals surface area contributed by atoms with E-state index >= 15 is 0 Å². The molecule has 0 bridgehead atoms. The lowest BCUT2D eigenvalue weighted by atomic mass is 10.0. The van der Waals surface area contributed by atoms with Crippen molar-refractivity contribution in [1.29, 1.82) is 0 Å². The Labute approximate surface area is 186 Å². The number of hydrogen-bond acceptors (Lipinski definition) is 7. The SMILES string of the molecule is CC(C)(CO)n1cnc2ncccc21.COC(=O)/C=C/C(C)(C)n1cnc2cccnc21. The molecule has 0 aliphatic carbocycles. The molecule has 32 heavy (non-hydrogen) atoms. The summed E-state index contributed by atoms with van der Waals surface area (Å²) in [6, 6.07) is 7.57. The Bertz CT molecular complexity index is 1240. The number of allylic oxidation sites excluding steroid dienone is 1. The van der Waals surface area contributed by atoms with E-state index in [1.807, 2.05) is 61.1 Å². The number of pyridine rings is 2. The smallest absolute Gasteiger partial charge is 0.330 e. The Hall–Kier alpha value is -3.59. The summed E-state index contributed by atoms with van der Waals surface area (Å²) < 4.78 is 8.44. The van der Waals surface area contributed by atoms with Crippen LogP contribution in [0, 0.1) is 0 Å². The van der Waals surface area contributed by atoms with Gasteiger partial charge in [0, 0.05) is 18.5 Å². The van der Waals surface area contributed by atoms with Crippen molar-refractivity contribution in [2.75, 3.05) is 13.7 Å². The van der Waals surface area contributed by atoms with E-state index in [4.69, 9.17) is 0 Å². The summed E-state index contributed by atoms with van der Waals surface area (Å²) in [7, 11) is 1.36. The Morgan fingerprint density at radius 2 is 1.72 bits per heavy atom. The van der Waals surface area contributed by atoms with Gasteiger partial charge in [0.2, 0.25) is 0 Å². The average Bonchev–Trinajstić information content (AvgIpc) is 3.43. The first-order chi connectivity index (χ1) is 15.2. The molecule has 0 amide bonds. The van der Waals surface area contributed by atoms with Crippen LogP contribution in [0.1, 0.15) is 27.7 Å². The fourth-order valence-electron chi connectivity index (χ4n) is 3.10. The van der Waals surface area contributed by atoms with Gasteiger partial charge in [-0.05, 0) is 52.0 Å². The summed E-state index contributed by atoms with van der Waals surface area (Å²) in [5.41, 5.74) is 2.55. The van der Waals surface area contributed by atoms with Gasteiger partial charge in [0.25, 0.3) is 0 Å². The maximum absolute atomic E-state index is 11.1. The first-order valence-electron chi connectivity index (χ1n) is 10.1. The molecule has 4 heterocycles. The van der Waals surface area contributed by atoms with E-state index in [1.165, 1.54) is 13.2 Å². The number of imidazole rings is 2. The van der Waals surface area contributed by atoms with Crippen molar-refractivity contribution < 1.29 is 14.6 Å². The first kappa shape index (κ1) is 23.1. The number of methoxy groups -OCH3 is 1. The minimum atomic E-state index is -0.405. The Morgan fingerprint density at radius 3 is 2.44 bits per heavy atom. The Balaban J connectivity index is 0.000000186. The van der Waals surface area contributed by atoms with Crippen molar-refractivity contribution in [3.8, 4) is 0 Å². The van der Waals surface area contributed by atoms with Crippen molar-refractivity contribution in [3.05, 3.63) is 61.5 Å². The summed E-state index contributed by atoms with van der Waals surface area (Å²) in [5, 5.41) is 9.26. The van der Waals surface area contributed by atoms with Crippen molar-refractivity contribution in [3.63, 3.8) is 0 Å². The summed E-state index contributed by atoms with van der Waals surface area (Å²) in [4.78, 5) is 28.0. The molecule has 0 atom stereocenters. The number of carbonyl (C=O) groups excluding carboxylic acids is 1. The molecule has 1 N–H and O–H groups in total. The molecule has 0 aliphatic rings. The molecule has 4 aromatic rings. The molecule has 0 aromatic carbocycles. The fourth-order valence-corrected chi connectivity index (χ4v) is 3.10. The molecule has 0 aliphatic heterocycles. The van der Waals surface area contributed by atoms with Crippen LogP contribution in [-0.2, 0) is 20.6 Å². The molecule has 9 heteroatoms. The number of fused-ring (bicyclic) bond motifs is 2. The second-order valence-corrected chi connectivity index (χ2v) is 8.40. The predicted molar refractivity (Wildman–Crippen MR) is 122 cm³/mol. The number of aliphatic hydroxyl groups excluding tert-OH is 1.